The molecule has 0 spiro atoms. The van der Waals surface area contributed by atoms with Gasteiger partial charge in [-0.3, -0.25) is 83.4 Å². The lowest BCUT2D eigenvalue weighted by Gasteiger charge is -2.31. The minimum Gasteiger partial charge on any atom is -0.508 e. The van der Waals surface area contributed by atoms with Crippen LogP contribution in [0.2, 0.25) is 0 Å². The highest BCUT2D eigenvalue weighted by Gasteiger charge is 2.42. The summed E-state index contributed by atoms with van der Waals surface area (Å²) in [5.74, 6) is -15.3. The third-order valence-electron chi connectivity index (χ3n) is 22.9. The first kappa shape index (κ1) is 119. The number of nitrogens with two attached hydrogens (primary N) is 10. The summed E-state index contributed by atoms with van der Waals surface area (Å²) in [6.07, 6.45) is -0.123. The predicted octanol–water partition coefficient (Wildman–Crippen LogP) is -6.85. The quantitative estimate of drug-likeness (QED) is 0.00845. The molecule has 51 nitrogen and oxygen atoms in total. The van der Waals surface area contributed by atoms with Crippen LogP contribution >= 0.6 is 25.3 Å². The zero-order valence-electron chi connectivity index (χ0n) is 79.7. The third kappa shape index (κ3) is 44.9. The molecule has 1 aliphatic rings. The van der Waals surface area contributed by atoms with Crippen molar-refractivity contribution in [1.82, 2.24) is 101 Å². The zero-order valence-corrected chi connectivity index (χ0v) is 81.5. The number of phenolic OH excluding ortho intramolecular Hbond substituents is 2. The third-order valence-corrected chi connectivity index (χ3v) is 23.7. The molecule has 53 heteroatoms. The van der Waals surface area contributed by atoms with Gasteiger partial charge in [-0.25, -0.2) is 14.4 Å². The Labute approximate surface area is 838 Å². The van der Waals surface area contributed by atoms with Gasteiger partial charge in [0.25, 0.3) is 0 Å². The summed E-state index contributed by atoms with van der Waals surface area (Å²) >= 11 is 8.71. The number of benzene rings is 4. The second kappa shape index (κ2) is 64.1. The van der Waals surface area contributed by atoms with Crippen molar-refractivity contribution in [3.8, 4) is 11.5 Å². The molecular weight excluding hydrogens is 1900 g/mol. The van der Waals surface area contributed by atoms with Gasteiger partial charge in [0.1, 0.15) is 90.0 Å². The largest absolute Gasteiger partial charge is 0.508 e. The Kier molecular flexibility index (Phi) is 53.3. The molecule has 1 fully saturated rings. The second-order valence-electron chi connectivity index (χ2n) is 34.2. The SMILES string of the molecule is N=C(N)NCCC[C@H](NC(=O)[C@H](CS)NC(=O)[C@H](CCCNC(N)=O)NC(=O)[C@H](CCCNC(N)=O)NC(=O)[C@H](Cc1ccc(O)cc1)NC(=O)[C@@H]1CCCN1C(=O)[C@@H](CCCCN)NC(=O)[C@H](CCCCN)NC(=O)[C@H](CCCNC(=N)N)NC(=O)[C@H](Cc1ccc(O)cc1)NC(=O)[C@H](CS)NC(=O)[C@H](Cc1ccc2ccccc2c1)NC(=O)[C@H](CCCNC(=N)N)NC(=O)[C@@H](N)CCCNC(N)=O)C(N)=O. The second-order valence-corrected chi connectivity index (χ2v) is 35.0. The van der Waals surface area contributed by atoms with Crippen LogP contribution in [-0.2, 0) is 86.4 Å². The molecule has 1 saturated heterocycles. The molecular formula is C90H142N32O19S2. The van der Waals surface area contributed by atoms with Gasteiger partial charge < -0.3 is 168 Å². The Hall–Kier alpha value is -14.5. The van der Waals surface area contributed by atoms with Gasteiger partial charge in [-0.15, -0.1) is 0 Å². The summed E-state index contributed by atoms with van der Waals surface area (Å²) < 4.78 is 0. The Bertz CT molecular complexity index is 4940. The number of likely N-dealkylation sites (tertiary alicyclic amines) is 1. The highest BCUT2D eigenvalue weighted by atomic mass is 32.1. The molecule has 4 aromatic rings. The van der Waals surface area contributed by atoms with Crippen molar-refractivity contribution in [2.24, 2.45) is 57.3 Å². The van der Waals surface area contributed by atoms with Gasteiger partial charge in [-0.05, 0) is 193 Å². The molecule has 0 saturated carbocycles. The minimum atomic E-state index is -1.64. The lowest BCUT2D eigenvalue weighted by Crippen LogP contribution is -2.61. The molecule has 0 unspecified atom stereocenters. The fourth-order valence-electron chi connectivity index (χ4n) is 15.3. The number of amides is 20. The molecule has 5 rings (SSSR count). The van der Waals surface area contributed by atoms with Crippen LogP contribution < -0.4 is 153 Å². The lowest BCUT2D eigenvalue weighted by molar-refractivity contribution is -0.142. The van der Waals surface area contributed by atoms with E-state index in [1.165, 1.54) is 53.4 Å². The predicted molar refractivity (Wildman–Crippen MR) is 538 cm³/mol. The molecule has 0 bridgehead atoms. The number of phenols is 2. The number of nitrogens with one attached hydrogen (secondary N) is 21. The molecule has 788 valence electrons. The van der Waals surface area contributed by atoms with Gasteiger partial charge in [-0.2, -0.15) is 25.3 Å². The van der Waals surface area contributed by atoms with Crippen molar-refractivity contribution in [3.63, 3.8) is 0 Å². The highest BCUT2D eigenvalue weighted by molar-refractivity contribution is 7.80. The number of unbranched alkanes of at least 4 members (excludes halogenated alkanes) is 2. The van der Waals surface area contributed by atoms with Gasteiger partial charge >= 0.3 is 18.1 Å². The molecule has 143 heavy (non-hydrogen) atoms. The van der Waals surface area contributed by atoms with E-state index >= 15 is 28.8 Å². The van der Waals surface area contributed by atoms with Crippen molar-refractivity contribution >= 4 is 155 Å². The molecule has 1 aliphatic heterocycles. The number of urea groups is 3. The number of aromatic hydroxyl groups is 2. The number of nitrogens with zero attached hydrogens (tertiary/aromatic N) is 1. The van der Waals surface area contributed by atoms with E-state index in [9.17, 15) is 63.0 Å². The van der Waals surface area contributed by atoms with Crippen LogP contribution in [-0.4, -0.2) is 289 Å². The lowest BCUT2D eigenvalue weighted by atomic mass is 10.00. The average Bonchev–Trinajstić information content (AvgIpc) is 1.45. The Morgan fingerprint density at radius 3 is 1.00 bits per heavy atom. The Morgan fingerprint density at radius 1 is 0.336 bits per heavy atom. The molecule has 1 heterocycles. The van der Waals surface area contributed by atoms with Crippen molar-refractivity contribution in [3.05, 3.63) is 108 Å². The summed E-state index contributed by atoms with van der Waals surface area (Å²) in [5.41, 5.74) is 57.4. The van der Waals surface area contributed by atoms with Crippen molar-refractivity contribution in [2.45, 2.75) is 232 Å². The van der Waals surface area contributed by atoms with Crippen LogP contribution in [0.1, 0.15) is 145 Å². The number of fused-ring (bicyclic) bond motifs is 1. The maximum atomic E-state index is 15.4. The number of carbonyl (C=O) groups is 17. The van der Waals surface area contributed by atoms with Crippen LogP contribution in [0, 0.1) is 16.2 Å². The maximum absolute atomic E-state index is 15.4. The fraction of sp³-hybridized carbons (Fsp3) is 0.533. The van der Waals surface area contributed by atoms with E-state index in [1.807, 2.05) is 18.2 Å². The summed E-state index contributed by atoms with van der Waals surface area (Å²) in [6.45, 7) is 0.207. The van der Waals surface area contributed by atoms with Crippen LogP contribution in [0.3, 0.4) is 0 Å². The smallest absolute Gasteiger partial charge is 0.312 e. The molecule has 20 amide bonds. The standard InChI is InChI=1S/C90H142N32O19S2/c91-35-5-3-17-59(112-73(127)61(21-10-39-106-87(99)100)114-78(132)65(45-50-26-31-55(123)32-27-50)118-82(136)69(49-143)121-80(134)67(47-52-25-30-53-14-1-2-15-54(53)44-52)117-76(130)60(20-9-38-105-86(97)98)111-72(126)57(93)16-7-40-107-88(101)139)75(129)116-64(18-4-6-36-92)84(138)122-43-13-24-70(122)83(137)119-66(46-51-28-33-56(124)34-29-51)79(133)115-62(22-11-41-108-89(102)140)74(128)113-63(23-12-42-109-90(103)141)77(131)120-68(48-142)81(135)110-58(71(94)125)19-8-37-104-85(95)96/h1-2,14-15,25-34,44,57-70,123-124,142-143H,3-13,16-24,35-43,45-49,91-93H2,(H2,94,125)(H,110,135)(H,111,126)(H,112,127)(H,113,128)(H,114,132)(H,115,133)(H,116,129)(H,117,130)(H,118,136)(H,119,137)(H,120,131)(H,121,134)(H4,95,96,104)(H4,97,98,105)(H4,99,100,106)(H3,101,107,139)(H3,102,108,140)(H3,103,109,141)/t57-,58-,59-,60-,61-,62-,63-,64+,65-,66-,67-,68-,69-,70-/m0/s1. The highest BCUT2D eigenvalue weighted by Crippen LogP contribution is 2.24. The number of carbonyl (C=O) groups excluding carboxylic acids is 17. The van der Waals surface area contributed by atoms with Gasteiger partial charge in [-0.1, -0.05) is 66.7 Å². The number of primary amides is 4. The van der Waals surface area contributed by atoms with Crippen LogP contribution in [0.15, 0.2) is 91.0 Å². The van der Waals surface area contributed by atoms with Gasteiger partial charge in [0, 0.05) is 76.6 Å². The average molecular weight is 2040 g/mol. The molecule has 14 atom stereocenters. The van der Waals surface area contributed by atoms with E-state index in [2.05, 4.69) is 121 Å². The maximum Gasteiger partial charge on any atom is 0.312 e. The molecule has 0 aliphatic carbocycles. The molecule has 43 N–H and O–H groups in total. The van der Waals surface area contributed by atoms with E-state index in [1.54, 1.807) is 24.3 Å². The van der Waals surface area contributed by atoms with E-state index in [0.29, 0.717) is 29.5 Å². The van der Waals surface area contributed by atoms with Gasteiger partial charge in [0.05, 0.1) is 6.04 Å². The Morgan fingerprint density at radius 2 is 0.629 bits per heavy atom. The van der Waals surface area contributed by atoms with Crippen molar-refractivity contribution in [2.75, 3.05) is 70.4 Å². The topological polar surface area (TPSA) is 882 Å². The number of hydrogen-bond donors (Lipinski definition) is 35. The van der Waals surface area contributed by atoms with E-state index in [-0.39, 0.29) is 223 Å². The first-order valence-corrected chi connectivity index (χ1v) is 48.4. The first-order chi connectivity index (χ1) is 68.1. The number of thiol groups is 2. The van der Waals surface area contributed by atoms with E-state index in [0.717, 1.165) is 10.8 Å². The molecule has 0 radical (unpaired) electrons. The van der Waals surface area contributed by atoms with E-state index in [4.69, 9.17) is 73.6 Å². The van der Waals surface area contributed by atoms with Crippen LogP contribution in [0.25, 0.3) is 10.8 Å². The van der Waals surface area contributed by atoms with Crippen molar-refractivity contribution in [1.29, 1.82) is 16.2 Å². The summed E-state index contributed by atoms with van der Waals surface area (Å²) in [6, 6.07) is 0.308. The number of rotatable bonds is 66. The zero-order chi connectivity index (χ0) is 106. The monoisotopic (exact) mass is 2040 g/mol. The van der Waals surface area contributed by atoms with Gasteiger partial charge in [0.15, 0.2) is 17.9 Å². The van der Waals surface area contributed by atoms with Gasteiger partial charge in [0.2, 0.25) is 82.7 Å². The van der Waals surface area contributed by atoms with E-state index < -0.39 is 197 Å². The molecule has 4 aromatic carbocycles. The number of guanidine groups is 3. The summed E-state index contributed by atoms with van der Waals surface area (Å²) in [7, 11) is 0. The van der Waals surface area contributed by atoms with Crippen LogP contribution in [0.4, 0.5) is 14.4 Å². The van der Waals surface area contributed by atoms with Crippen molar-refractivity contribution < 1.29 is 91.7 Å². The Balaban J connectivity index is 1.47. The number of hydrogen-bond acceptors (Lipinski definition) is 27. The normalized spacial score (nSPS) is 14.8. The first-order valence-electron chi connectivity index (χ1n) is 47.1. The fourth-order valence-corrected chi connectivity index (χ4v) is 15.8. The molecule has 0 aromatic heterocycles. The summed E-state index contributed by atoms with van der Waals surface area (Å²) in [5, 5.41) is 92.1. The minimum absolute atomic E-state index is 0.00349. The van der Waals surface area contributed by atoms with Crippen LogP contribution in [0.5, 0.6) is 11.5 Å². The summed E-state index contributed by atoms with van der Waals surface area (Å²) in [4.78, 5) is 241.